The van der Waals surface area contributed by atoms with Crippen molar-refractivity contribution >= 4 is 50.5 Å². The minimum Gasteiger partial charge on any atom is -0.494 e. The van der Waals surface area contributed by atoms with E-state index in [-0.39, 0.29) is 12.5 Å². The molecule has 9 heteroatoms. The molecule has 1 N–H and O–H groups in total. The zero-order chi connectivity index (χ0) is 20.8. The summed E-state index contributed by atoms with van der Waals surface area (Å²) < 4.78 is 16.6. The third kappa shape index (κ3) is 4.91. The number of aliphatic imine (C=N–C) groups is 1. The number of nitrogens with one attached hydrogen (secondary N) is 1. The van der Waals surface area contributed by atoms with Crippen molar-refractivity contribution < 1.29 is 19.0 Å². The molecule has 0 aliphatic carbocycles. The van der Waals surface area contributed by atoms with Gasteiger partial charge in [0.2, 0.25) is 0 Å². The van der Waals surface area contributed by atoms with Crippen LogP contribution in [0.3, 0.4) is 0 Å². The molecular weight excluding hydrogens is 458 g/mol. The third-order valence-electron chi connectivity index (χ3n) is 3.79. The fourth-order valence-electron chi connectivity index (χ4n) is 2.53. The van der Waals surface area contributed by atoms with Gasteiger partial charge in [0, 0.05) is 0 Å². The molecule has 1 fully saturated rings. The van der Waals surface area contributed by atoms with E-state index in [1.165, 1.54) is 18.9 Å². The number of carbonyl (C=O) groups is 1. The van der Waals surface area contributed by atoms with Gasteiger partial charge in [0.25, 0.3) is 5.91 Å². The van der Waals surface area contributed by atoms with Gasteiger partial charge < -0.3 is 19.5 Å². The molecule has 0 spiro atoms. The fourth-order valence-corrected chi connectivity index (χ4v) is 3.94. The second-order valence-electron chi connectivity index (χ2n) is 5.63. The molecule has 1 heterocycles. The van der Waals surface area contributed by atoms with Crippen LogP contribution < -0.4 is 19.5 Å². The number of ether oxygens (including phenoxy) is 3. The molecule has 0 bridgehead atoms. The van der Waals surface area contributed by atoms with Gasteiger partial charge in [-0.25, -0.2) is 4.99 Å². The lowest BCUT2D eigenvalue weighted by atomic mass is 10.2. The molecule has 0 unspecified atom stereocenters. The largest absolute Gasteiger partial charge is 0.494 e. The van der Waals surface area contributed by atoms with E-state index in [0.717, 1.165) is 5.56 Å². The summed E-state index contributed by atoms with van der Waals surface area (Å²) in [5.74, 6) is 1.25. The second kappa shape index (κ2) is 9.49. The molecule has 0 radical (unpaired) electrons. The number of halogens is 1. The maximum Gasteiger partial charge on any atom is 0.264 e. The van der Waals surface area contributed by atoms with E-state index < -0.39 is 0 Å². The summed E-state index contributed by atoms with van der Waals surface area (Å²) in [4.78, 5) is 17.3. The van der Waals surface area contributed by atoms with Crippen LogP contribution in [0.15, 0.2) is 50.8 Å². The van der Waals surface area contributed by atoms with Crippen LogP contribution in [0.4, 0.5) is 5.69 Å². The molecular formula is C20H16BrN3O4S. The van der Waals surface area contributed by atoms with Gasteiger partial charge >= 0.3 is 0 Å². The van der Waals surface area contributed by atoms with Crippen molar-refractivity contribution in [2.24, 2.45) is 4.99 Å². The first-order valence-corrected chi connectivity index (χ1v) is 9.96. The van der Waals surface area contributed by atoms with Gasteiger partial charge in [-0.15, -0.1) is 0 Å². The molecule has 0 saturated carbocycles. The number of nitrogens with zero attached hydrogens (tertiary/aromatic N) is 2. The van der Waals surface area contributed by atoms with Gasteiger partial charge in [-0.3, -0.25) is 4.79 Å². The predicted molar refractivity (Wildman–Crippen MR) is 116 cm³/mol. The van der Waals surface area contributed by atoms with E-state index in [4.69, 9.17) is 19.5 Å². The number of carbonyl (C=O) groups excluding carboxylic acids is 1. The van der Waals surface area contributed by atoms with E-state index in [1.807, 2.05) is 24.3 Å². The Kier molecular flexibility index (Phi) is 6.80. The van der Waals surface area contributed by atoms with Gasteiger partial charge in [0.1, 0.15) is 17.5 Å². The maximum absolute atomic E-state index is 12.4. The summed E-state index contributed by atoms with van der Waals surface area (Å²) in [7, 11) is 3.08. The number of rotatable bonds is 6. The molecule has 148 valence electrons. The Hall–Kier alpha value is -2.96. The predicted octanol–water partition coefficient (Wildman–Crippen LogP) is 4.26. The Balaban J connectivity index is 1.88. The molecule has 1 aliphatic rings. The van der Waals surface area contributed by atoms with E-state index >= 15 is 0 Å². The average Bonchev–Trinajstić information content (AvgIpc) is 3.05. The molecule has 1 saturated heterocycles. The molecule has 1 amide bonds. The van der Waals surface area contributed by atoms with Crippen LogP contribution in [0.1, 0.15) is 5.56 Å². The highest BCUT2D eigenvalue weighted by Gasteiger charge is 2.24. The molecule has 0 atom stereocenters. The summed E-state index contributed by atoms with van der Waals surface area (Å²) in [6.45, 7) is -0.101. The van der Waals surface area contributed by atoms with Gasteiger partial charge in [0.15, 0.2) is 23.3 Å². The maximum atomic E-state index is 12.4. The van der Waals surface area contributed by atoms with Crippen LogP contribution in [0, 0.1) is 11.3 Å². The second-order valence-corrected chi connectivity index (χ2v) is 7.52. The SMILES string of the molecule is COc1ccccc1N=C1NC(=O)C(=Cc2cc(Br)c(OCC#N)c(OC)c2)S1. The highest BCUT2D eigenvalue weighted by molar-refractivity contribution is 9.10. The Morgan fingerprint density at radius 1 is 1.24 bits per heavy atom. The average molecular weight is 474 g/mol. The van der Waals surface area contributed by atoms with Gasteiger partial charge in [0.05, 0.1) is 23.6 Å². The summed E-state index contributed by atoms with van der Waals surface area (Å²) in [6.07, 6.45) is 1.73. The van der Waals surface area contributed by atoms with Crippen molar-refractivity contribution in [2.45, 2.75) is 0 Å². The lowest BCUT2D eigenvalue weighted by Gasteiger charge is -2.11. The zero-order valence-electron chi connectivity index (χ0n) is 15.6. The topological polar surface area (TPSA) is 92.9 Å². The lowest BCUT2D eigenvalue weighted by Crippen LogP contribution is -2.19. The molecule has 0 aromatic heterocycles. The van der Waals surface area contributed by atoms with Crippen molar-refractivity contribution in [3.63, 3.8) is 0 Å². The first kappa shape index (κ1) is 20.8. The van der Waals surface area contributed by atoms with Crippen molar-refractivity contribution in [2.75, 3.05) is 20.8 Å². The lowest BCUT2D eigenvalue weighted by molar-refractivity contribution is -0.115. The van der Waals surface area contributed by atoms with E-state index in [0.29, 0.717) is 37.5 Å². The zero-order valence-corrected chi connectivity index (χ0v) is 18.0. The molecule has 2 aromatic rings. The molecule has 2 aromatic carbocycles. The monoisotopic (exact) mass is 473 g/mol. The van der Waals surface area contributed by atoms with Crippen LogP contribution in [0.2, 0.25) is 0 Å². The third-order valence-corrected chi connectivity index (χ3v) is 5.29. The number of hydrogen-bond acceptors (Lipinski definition) is 7. The van der Waals surface area contributed by atoms with Crippen molar-refractivity contribution in [3.8, 4) is 23.3 Å². The Bertz CT molecular complexity index is 1050. The minimum absolute atomic E-state index is 0.101. The molecule has 3 rings (SSSR count). The van der Waals surface area contributed by atoms with Crippen molar-refractivity contribution in [3.05, 3.63) is 51.3 Å². The highest BCUT2D eigenvalue weighted by Crippen LogP contribution is 2.38. The number of para-hydroxylation sites is 2. The number of benzene rings is 2. The van der Waals surface area contributed by atoms with Crippen molar-refractivity contribution in [1.82, 2.24) is 5.32 Å². The number of methoxy groups -OCH3 is 2. The van der Waals surface area contributed by atoms with Crippen molar-refractivity contribution in [1.29, 1.82) is 5.26 Å². The van der Waals surface area contributed by atoms with Gasteiger partial charge in [-0.1, -0.05) is 12.1 Å². The summed E-state index contributed by atoms with van der Waals surface area (Å²) in [6, 6.07) is 12.7. The minimum atomic E-state index is -0.247. The smallest absolute Gasteiger partial charge is 0.264 e. The molecule has 1 aliphatic heterocycles. The number of thioether (sulfide) groups is 1. The van der Waals surface area contributed by atoms with E-state index in [2.05, 4.69) is 26.2 Å². The molecule has 7 nitrogen and oxygen atoms in total. The Morgan fingerprint density at radius 2 is 2.00 bits per heavy atom. The number of nitriles is 1. The van der Waals surface area contributed by atoms with Crippen LogP contribution in [0.25, 0.3) is 6.08 Å². The number of amidine groups is 1. The normalized spacial score (nSPS) is 15.9. The standard InChI is InChI=1S/C20H16BrN3O4S/c1-26-15-6-4-3-5-14(15)23-20-24-19(25)17(29-20)11-12-9-13(21)18(28-8-7-22)16(10-12)27-2/h3-6,9-11H,8H2,1-2H3,(H,23,24,25). The number of hydrogen-bond donors (Lipinski definition) is 1. The molecule has 29 heavy (non-hydrogen) atoms. The van der Waals surface area contributed by atoms with E-state index in [1.54, 1.807) is 31.4 Å². The fraction of sp³-hybridized carbons (Fsp3) is 0.150. The van der Waals surface area contributed by atoms with Gasteiger partial charge in [-0.05, 0) is 63.6 Å². The van der Waals surface area contributed by atoms with Gasteiger partial charge in [-0.2, -0.15) is 5.26 Å². The number of amides is 1. The Morgan fingerprint density at radius 3 is 2.72 bits per heavy atom. The first-order chi connectivity index (χ1) is 14.0. The first-order valence-electron chi connectivity index (χ1n) is 8.35. The summed E-state index contributed by atoms with van der Waals surface area (Å²) in [5.41, 5.74) is 1.36. The van der Waals surface area contributed by atoms with Crippen LogP contribution in [0.5, 0.6) is 17.2 Å². The Labute approximate surface area is 180 Å². The van der Waals surface area contributed by atoms with E-state index in [9.17, 15) is 4.79 Å². The summed E-state index contributed by atoms with van der Waals surface area (Å²) >= 11 is 4.65. The van der Waals surface area contributed by atoms with Crippen LogP contribution >= 0.6 is 27.7 Å². The highest BCUT2D eigenvalue weighted by atomic mass is 79.9. The van der Waals surface area contributed by atoms with Crippen LogP contribution in [-0.4, -0.2) is 31.9 Å². The summed E-state index contributed by atoms with van der Waals surface area (Å²) in [5, 5.41) is 11.9. The van der Waals surface area contributed by atoms with Crippen LogP contribution in [-0.2, 0) is 4.79 Å². The quantitative estimate of drug-likeness (QED) is 0.629.